The van der Waals surface area contributed by atoms with Crippen molar-refractivity contribution in [2.24, 2.45) is 0 Å². The van der Waals surface area contributed by atoms with Crippen LogP contribution in [0.25, 0.3) is 0 Å². The number of halogens is 2. The summed E-state index contributed by atoms with van der Waals surface area (Å²) in [7, 11) is 0. The molecule has 0 bridgehead atoms. The van der Waals surface area contributed by atoms with E-state index in [1.54, 1.807) is 18.4 Å². The predicted octanol–water partition coefficient (Wildman–Crippen LogP) is 4.67. The van der Waals surface area contributed by atoms with Crippen molar-refractivity contribution in [1.29, 1.82) is 0 Å². The Morgan fingerprint density at radius 1 is 1.28 bits per heavy atom. The zero-order valence-electron chi connectivity index (χ0n) is 15.5. The molecule has 1 saturated heterocycles. The number of amides is 1. The van der Waals surface area contributed by atoms with Gasteiger partial charge in [-0.3, -0.25) is 9.36 Å². The van der Waals surface area contributed by atoms with Gasteiger partial charge in [0.15, 0.2) is 5.16 Å². The van der Waals surface area contributed by atoms with Crippen molar-refractivity contribution >= 4 is 56.8 Å². The predicted molar refractivity (Wildman–Crippen MR) is 118 cm³/mol. The van der Waals surface area contributed by atoms with Gasteiger partial charge in [-0.1, -0.05) is 39.3 Å². The van der Waals surface area contributed by atoms with Crippen LogP contribution in [-0.4, -0.2) is 39.5 Å². The molecule has 4 rings (SSSR count). The zero-order valence-corrected chi connectivity index (χ0v) is 18.6. The van der Waals surface area contributed by atoms with Crippen molar-refractivity contribution in [1.82, 2.24) is 14.8 Å². The molecule has 1 fully saturated rings. The second kappa shape index (κ2) is 9.23. The maximum Gasteiger partial charge on any atom is 0.234 e. The van der Waals surface area contributed by atoms with E-state index in [1.807, 2.05) is 22.8 Å². The number of carbonyl (C=O) groups excluding carboxylic acids is 1. The summed E-state index contributed by atoms with van der Waals surface area (Å²) >= 11 is 10.9. The zero-order chi connectivity index (χ0) is 20.2. The van der Waals surface area contributed by atoms with Gasteiger partial charge in [-0.2, -0.15) is 0 Å². The van der Waals surface area contributed by atoms with Crippen LogP contribution in [0.3, 0.4) is 0 Å². The Kier molecular flexibility index (Phi) is 6.46. The van der Waals surface area contributed by atoms with Crippen LogP contribution in [-0.2, 0) is 11.3 Å². The smallest absolute Gasteiger partial charge is 0.234 e. The molecule has 0 aliphatic carbocycles. The highest BCUT2D eigenvalue weighted by Crippen LogP contribution is 2.28. The standard InChI is InChI=1S/C19H19BrClN5O2S/c20-13-5-6-16(15(21)10-13)22-17(27)12-29-19-24-23-18(25-7-1-2-8-25)26(19)11-14-4-3-9-28-14/h3-6,9-10H,1-2,7-8,11-12H2,(H,22,27). The minimum absolute atomic E-state index is 0.158. The largest absolute Gasteiger partial charge is 0.467 e. The van der Waals surface area contributed by atoms with Gasteiger partial charge in [0.1, 0.15) is 5.76 Å². The van der Waals surface area contributed by atoms with Gasteiger partial charge in [-0.15, -0.1) is 10.2 Å². The Hall–Kier alpha value is -1.97. The van der Waals surface area contributed by atoms with Crippen LogP contribution in [0.4, 0.5) is 11.6 Å². The molecule has 1 N–H and O–H groups in total. The number of nitrogens with zero attached hydrogens (tertiary/aromatic N) is 4. The van der Waals surface area contributed by atoms with E-state index >= 15 is 0 Å². The lowest BCUT2D eigenvalue weighted by molar-refractivity contribution is -0.113. The topological polar surface area (TPSA) is 76.2 Å². The summed E-state index contributed by atoms with van der Waals surface area (Å²) in [5.41, 5.74) is 0.579. The third-order valence-corrected chi connectivity index (χ3v) is 6.29. The van der Waals surface area contributed by atoms with Crippen LogP contribution in [0.5, 0.6) is 0 Å². The molecule has 7 nitrogen and oxygen atoms in total. The fraction of sp³-hybridized carbons (Fsp3) is 0.316. The Morgan fingerprint density at radius 2 is 2.10 bits per heavy atom. The Balaban J connectivity index is 1.46. The average molecular weight is 497 g/mol. The normalized spacial score (nSPS) is 13.8. The monoisotopic (exact) mass is 495 g/mol. The van der Waals surface area contributed by atoms with Crippen LogP contribution in [0.15, 0.2) is 50.6 Å². The highest BCUT2D eigenvalue weighted by molar-refractivity contribution is 9.10. The molecule has 152 valence electrons. The molecule has 1 aromatic carbocycles. The number of nitrogens with one attached hydrogen (secondary N) is 1. The van der Waals surface area contributed by atoms with Gasteiger partial charge < -0.3 is 14.6 Å². The van der Waals surface area contributed by atoms with Gasteiger partial charge in [0.25, 0.3) is 0 Å². The van der Waals surface area contributed by atoms with E-state index < -0.39 is 0 Å². The Labute approximate surface area is 185 Å². The van der Waals surface area contributed by atoms with Crippen molar-refractivity contribution in [3.63, 3.8) is 0 Å². The molecule has 0 unspecified atom stereocenters. The molecule has 3 aromatic rings. The fourth-order valence-corrected chi connectivity index (χ4v) is 4.60. The van der Waals surface area contributed by atoms with E-state index in [0.29, 0.717) is 22.4 Å². The van der Waals surface area contributed by atoms with Gasteiger partial charge in [0, 0.05) is 17.6 Å². The van der Waals surface area contributed by atoms with Gasteiger partial charge in [-0.25, -0.2) is 0 Å². The summed E-state index contributed by atoms with van der Waals surface area (Å²) < 4.78 is 8.37. The first-order chi connectivity index (χ1) is 14.1. The molecule has 1 aliphatic rings. The highest BCUT2D eigenvalue weighted by atomic mass is 79.9. The number of benzene rings is 1. The van der Waals surface area contributed by atoms with Crippen molar-refractivity contribution in [3.05, 3.63) is 51.9 Å². The van der Waals surface area contributed by atoms with E-state index in [-0.39, 0.29) is 11.7 Å². The number of carbonyl (C=O) groups is 1. The number of rotatable bonds is 7. The van der Waals surface area contributed by atoms with Crippen LogP contribution >= 0.6 is 39.3 Å². The number of furan rings is 1. The Morgan fingerprint density at radius 3 is 2.83 bits per heavy atom. The SMILES string of the molecule is O=C(CSc1nnc(N2CCCC2)n1Cc1ccco1)Nc1ccc(Br)cc1Cl. The summed E-state index contributed by atoms with van der Waals surface area (Å²) in [4.78, 5) is 14.6. The van der Waals surface area contributed by atoms with Crippen molar-refractivity contribution in [2.75, 3.05) is 29.1 Å². The van der Waals surface area contributed by atoms with Crippen LogP contribution < -0.4 is 10.2 Å². The maximum atomic E-state index is 12.4. The minimum Gasteiger partial charge on any atom is -0.467 e. The first-order valence-corrected chi connectivity index (χ1v) is 11.3. The molecule has 0 saturated carbocycles. The number of aromatic nitrogens is 3. The first kappa shape index (κ1) is 20.3. The molecule has 0 atom stereocenters. The van der Waals surface area contributed by atoms with Gasteiger partial charge >= 0.3 is 0 Å². The summed E-state index contributed by atoms with van der Waals surface area (Å²) in [6.45, 7) is 2.45. The molecule has 2 aromatic heterocycles. The minimum atomic E-state index is -0.158. The van der Waals surface area contributed by atoms with Crippen LogP contribution in [0.2, 0.25) is 5.02 Å². The summed E-state index contributed by atoms with van der Waals surface area (Å²) in [6, 6.07) is 9.12. The molecule has 29 heavy (non-hydrogen) atoms. The number of thioether (sulfide) groups is 1. The van der Waals surface area contributed by atoms with E-state index in [9.17, 15) is 4.79 Å². The number of hydrogen-bond acceptors (Lipinski definition) is 6. The molecule has 0 spiro atoms. The van der Waals surface area contributed by atoms with Gasteiger partial charge in [-0.05, 0) is 43.2 Å². The molecular weight excluding hydrogens is 478 g/mol. The lowest BCUT2D eigenvalue weighted by Gasteiger charge is -2.17. The van der Waals surface area contributed by atoms with Gasteiger partial charge in [0.05, 0.1) is 29.3 Å². The molecule has 3 heterocycles. The highest BCUT2D eigenvalue weighted by Gasteiger charge is 2.22. The van der Waals surface area contributed by atoms with Crippen molar-refractivity contribution < 1.29 is 9.21 Å². The Bertz CT molecular complexity index is 989. The van der Waals surface area contributed by atoms with E-state index in [2.05, 4.69) is 36.3 Å². The summed E-state index contributed by atoms with van der Waals surface area (Å²) in [5, 5.41) is 12.7. The van der Waals surface area contributed by atoms with Crippen molar-refractivity contribution in [3.8, 4) is 0 Å². The number of hydrogen-bond donors (Lipinski definition) is 1. The average Bonchev–Trinajstić information content (AvgIpc) is 3.45. The molecule has 10 heteroatoms. The lowest BCUT2D eigenvalue weighted by atomic mass is 10.3. The van der Waals surface area contributed by atoms with Crippen LogP contribution in [0.1, 0.15) is 18.6 Å². The van der Waals surface area contributed by atoms with Gasteiger partial charge in [0.2, 0.25) is 11.9 Å². The molecule has 0 radical (unpaired) electrons. The summed E-state index contributed by atoms with van der Waals surface area (Å²) in [6.07, 6.45) is 3.94. The quantitative estimate of drug-likeness (QED) is 0.479. The maximum absolute atomic E-state index is 12.4. The van der Waals surface area contributed by atoms with E-state index in [4.69, 9.17) is 16.0 Å². The number of anilines is 2. The second-order valence-corrected chi connectivity index (χ2v) is 8.87. The third kappa shape index (κ3) is 4.96. The first-order valence-electron chi connectivity index (χ1n) is 9.18. The van der Waals surface area contributed by atoms with Crippen LogP contribution in [0, 0.1) is 0 Å². The molecular formula is C19H19BrClN5O2S. The fourth-order valence-electron chi connectivity index (χ4n) is 3.14. The van der Waals surface area contributed by atoms with E-state index in [1.165, 1.54) is 11.8 Å². The lowest BCUT2D eigenvalue weighted by Crippen LogP contribution is -2.22. The summed E-state index contributed by atoms with van der Waals surface area (Å²) in [5.74, 6) is 1.67. The third-order valence-electron chi connectivity index (χ3n) is 4.52. The second-order valence-electron chi connectivity index (χ2n) is 6.60. The molecule has 1 amide bonds. The van der Waals surface area contributed by atoms with Crippen molar-refractivity contribution in [2.45, 2.75) is 24.5 Å². The molecule has 1 aliphatic heterocycles. The van der Waals surface area contributed by atoms with E-state index in [0.717, 1.165) is 42.1 Å².